The maximum Gasteiger partial charge on any atom is 0.226 e. The summed E-state index contributed by atoms with van der Waals surface area (Å²) in [6.45, 7) is 8.30. The van der Waals surface area contributed by atoms with Gasteiger partial charge in [-0.25, -0.2) is 4.98 Å². The highest BCUT2D eigenvalue weighted by Gasteiger charge is 2.16. The third-order valence-electron chi connectivity index (χ3n) is 4.26. The molecule has 3 heterocycles. The number of aromatic nitrogens is 1. The average molecular weight is 347 g/mol. The minimum Gasteiger partial charge on any atom is -0.459 e. The molecule has 1 unspecified atom stereocenters. The molecule has 1 atom stereocenters. The van der Waals surface area contributed by atoms with Crippen molar-refractivity contribution in [3.05, 3.63) is 29.0 Å². The van der Waals surface area contributed by atoms with Gasteiger partial charge in [0.2, 0.25) is 5.91 Å². The molecule has 2 aromatic heterocycles. The number of likely N-dealkylation sites (tertiary alicyclic amines) is 1. The first kappa shape index (κ1) is 17.2. The predicted octanol–water partition coefficient (Wildman–Crippen LogP) is 3.10. The number of carbonyl (C=O) groups is 1. The highest BCUT2D eigenvalue weighted by Crippen LogP contribution is 2.25. The number of carbonyl (C=O) groups excluding carboxylic acids is 1. The van der Waals surface area contributed by atoms with Crippen molar-refractivity contribution in [3.63, 3.8) is 0 Å². The summed E-state index contributed by atoms with van der Waals surface area (Å²) in [7, 11) is 0. The molecular formula is C18H25N3O2S. The van der Waals surface area contributed by atoms with Gasteiger partial charge < -0.3 is 14.6 Å². The van der Waals surface area contributed by atoms with Crippen molar-refractivity contribution in [1.82, 2.24) is 15.2 Å². The Hall–Kier alpha value is -1.66. The number of nitrogens with one attached hydrogen (secondary N) is 1. The van der Waals surface area contributed by atoms with Gasteiger partial charge in [-0.2, -0.15) is 0 Å². The smallest absolute Gasteiger partial charge is 0.226 e. The summed E-state index contributed by atoms with van der Waals surface area (Å²) >= 11 is 1.51. The number of amides is 1. The maximum absolute atomic E-state index is 12.1. The van der Waals surface area contributed by atoms with Gasteiger partial charge >= 0.3 is 0 Å². The Morgan fingerprint density at radius 1 is 1.42 bits per heavy atom. The van der Waals surface area contributed by atoms with Crippen LogP contribution in [0.15, 0.2) is 21.9 Å². The van der Waals surface area contributed by atoms with Crippen molar-refractivity contribution in [2.75, 3.05) is 26.2 Å². The van der Waals surface area contributed by atoms with Crippen molar-refractivity contribution >= 4 is 17.2 Å². The summed E-state index contributed by atoms with van der Waals surface area (Å²) in [6, 6.07) is 3.84. The summed E-state index contributed by atoms with van der Waals surface area (Å²) in [5.41, 5.74) is 0.800. The summed E-state index contributed by atoms with van der Waals surface area (Å²) < 4.78 is 5.57. The number of hydrogen-bond acceptors (Lipinski definition) is 5. The van der Waals surface area contributed by atoms with E-state index in [4.69, 9.17) is 4.42 Å². The molecule has 0 spiro atoms. The normalized spacial score (nSPS) is 16.4. The molecule has 1 amide bonds. The van der Waals surface area contributed by atoms with Crippen molar-refractivity contribution in [2.24, 2.45) is 5.92 Å². The molecule has 1 aliphatic heterocycles. The van der Waals surface area contributed by atoms with Crippen LogP contribution in [0.2, 0.25) is 0 Å². The van der Waals surface area contributed by atoms with Gasteiger partial charge in [0.25, 0.3) is 0 Å². The molecule has 1 saturated heterocycles. The SMILES string of the molecule is Cc1ccc(-c2nc(CC(=O)NCC(C)CN3CCCC3)cs2)o1. The van der Waals surface area contributed by atoms with Crippen molar-refractivity contribution in [1.29, 1.82) is 0 Å². The molecule has 2 aromatic rings. The first-order valence-corrected chi connectivity index (χ1v) is 9.48. The second-order valence-electron chi connectivity index (χ2n) is 6.65. The predicted molar refractivity (Wildman–Crippen MR) is 96.1 cm³/mol. The lowest BCUT2D eigenvalue weighted by Gasteiger charge is -2.20. The van der Waals surface area contributed by atoms with Crippen LogP contribution in [0.5, 0.6) is 0 Å². The van der Waals surface area contributed by atoms with Crippen LogP contribution in [0, 0.1) is 12.8 Å². The number of rotatable bonds is 7. The van der Waals surface area contributed by atoms with E-state index >= 15 is 0 Å². The molecule has 0 aromatic carbocycles. The fourth-order valence-corrected chi connectivity index (χ4v) is 3.82. The molecule has 0 aliphatic carbocycles. The number of aryl methyl sites for hydroxylation is 1. The molecule has 0 saturated carbocycles. The second kappa shape index (κ2) is 7.94. The Morgan fingerprint density at radius 2 is 2.21 bits per heavy atom. The fraction of sp³-hybridized carbons (Fsp3) is 0.556. The van der Waals surface area contributed by atoms with Gasteiger partial charge in [-0.1, -0.05) is 6.92 Å². The number of furan rings is 1. The average Bonchev–Trinajstić information content (AvgIpc) is 3.27. The van der Waals surface area contributed by atoms with Gasteiger partial charge in [-0.15, -0.1) is 11.3 Å². The van der Waals surface area contributed by atoms with Crippen LogP contribution in [0.1, 0.15) is 31.2 Å². The maximum atomic E-state index is 12.1. The van der Waals surface area contributed by atoms with Crippen LogP contribution in [-0.4, -0.2) is 42.0 Å². The van der Waals surface area contributed by atoms with Gasteiger partial charge in [0.15, 0.2) is 10.8 Å². The first-order chi connectivity index (χ1) is 11.6. The second-order valence-corrected chi connectivity index (χ2v) is 7.51. The highest BCUT2D eigenvalue weighted by molar-refractivity contribution is 7.13. The zero-order valence-electron chi connectivity index (χ0n) is 14.4. The van der Waals surface area contributed by atoms with Crippen LogP contribution >= 0.6 is 11.3 Å². The first-order valence-electron chi connectivity index (χ1n) is 8.60. The van der Waals surface area contributed by atoms with Crippen LogP contribution in [-0.2, 0) is 11.2 Å². The summed E-state index contributed by atoms with van der Waals surface area (Å²) in [5, 5.41) is 5.79. The topological polar surface area (TPSA) is 58.4 Å². The van der Waals surface area contributed by atoms with E-state index in [2.05, 4.69) is 22.1 Å². The lowest BCUT2D eigenvalue weighted by molar-refractivity contribution is -0.120. The van der Waals surface area contributed by atoms with E-state index in [1.54, 1.807) is 0 Å². The van der Waals surface area contributed by atoms with Crippen molar-refractivity contribution in [3.8, 4) is 10.8 Å². The van der Waals surface area contributed by atoms with E-state index in [-0.39, 0.29) is 5.91 Å². The Kier molecular flexibility index (Phi) is 5.68. The summed E-state index contributed by atoms with van der Waals surface area (Å²) in [4.78, 5) is 19.1. The lowest BCUT2D eigenvalue weighted by Crippen LogP contribution is -2.35. The quantitative estimate of drug-likeness (QED) is 0.836. The minimum absolute atomic E-state index is 0.0377. The Bertz CT molecular complexity index is 673. The molecular weight excluding hydrogens is 322 g/mol. The molecule has 0 bridgehead atoms. The zero-order chi connectivity index (χ0) is 16.9. The van der Waals surface area contributed by atoms with Gasteiger partial charge in [0.1, 0.15) is 5.76 Å². The molecule has 1 fully saturated rings. The minimum atomic E-state index is 0.0377. The van der Waals surface area contributed by atoms with E-state index < -0.39 is 0 Å². The summed E-state index contributed by atoms with van der Waals surface area (Å²) in [5.74, 6) is 2.15. The number of nitrogens with zero attached hydrogens (tertiary/aromatic N) is 2. The molecule has 1 aliphatic rings. The molecule has 24 heavy (non-hydrogen) atoms. The van der Waals surface area contributed by atoms with E-state index in [1.165, 1.54) is 37.3 Å². The van der Waals surface area contributed by atoms with E-state index in [9.17, 15) is 4.79 Å². The van der Waals surface area contributed by atoms with Gasteiger partial charge in [-0.05, 0) is 50.9 Å². The lowest BCUT2D eigenvalue weighted by atomic mass is 10.1. The van der Waals surface area contributed by atoms with Gasteiger partial charge in [-0.3, -0.25) is 4.79 Å². The zero-order valence-corrected chi connectivity index (χ0v) is 15.2. The van der Waals surface area contributed by atoms with E-state index in [0.29, 0.717) is 12.3 Å². The third-order valence-corrected chi connectivity index (χ3v) is 5.17. The Balaban J connectivity index is 1.44. The Labute approximate surface area is 147 Å². The Morgan fingerprint density at radius 3 is 2.92 bits per heavy atom. The summed E-state index contributed by atoms with van der Waals surface area (Å²) in [6.07, 6.45) is 2.94. The standard InChI is InChI=1S/C18H25N3O2S/c1-13(11-21-7-3-4-8-21)10-19-17(22)9-15-12-24-18(20-15)16-6-5-14(2)23-16/h5-6,12-13H,3-4,7-11H2,1-2H3,(H,19,22). The van der Waals surface area contributed by atoms with Crippen molar-refractivity contribution in [2.45, 2.75) is 33.1 Å². The molecule has 130 valence electrons. The van der Waals surface area contributed by atoms with Crippen LogP contribution < -0.4 is 5.32 Å². The highest BCUT2D eigenvalue weighted by atomic mass is 32.1. The molecule has 5 nitrogen and oxygen atoms in total. The number of hydrogen-bond donors (Lipinski definition) is 1. The van der Waals surface area contributed by atoms with Crippen LogP contribution in [0.3, 0.4) is 0 Å². The molecule has 6 heteroatoms. The molecule has 3 rings (SSSR count). The third kappa shape index (κ3) is 4.68. The van der Waals surface area contributed by atoms with Gasteiger partial charge in [0, 0.05) is 18.5 Å². The monoisotopic (exact) mass is 347 g/mol. The number of thiazole rings is 1. The fourth-order valence-electron chi connectivity index (χ4n) is 3.04. The van der Waals surface area contributed by atoms with Crippen LogP contribution in [0.4, 0.5) is 0 Å². The molecule has 1 N–H and O–H groups in total. The van der Waals surface area contributed by atoms with E-state index in [1.807, 2.05) is 24.4 Å². The molecule has 0 radical (unpaired) electrons. The largest absolute Gasteiger partial charge is 0.459 e. The van der Waals surface area contributed by atoms with E-state index in [0.717, 1.165) is 35.3 Å². The van der Waals surface area contributed by atoms with Crippen molar-refractivity contribution < 1.29 is 9.21 Å². The van der Waals surface area contributed by atoms with Gasteiger partial charge in [0.05, 0.1) is 12.1 Å². The van der Waals surface area contributed by atoms with Crippen LogP contribution in [0.25, 0.3) is 10.8 Å².